The second-order valence-corrected chi connectivity index (χ2v) is 8.12. The number of nitrogens with two attached hydrogens (primary N) is 1. The minimum Gasteiger partial charge on any atom is -0.364 e. The monoisotopic (exact) mass is 446 g/mol. The predicted octanol–water partition coefficient (Wildman–Crippen LogP) is 5.93. The lowest BCUT2D eigenvalue weighted by molar-refractivity contribution is 0.0995. The summed E-state index contributed by atoms with van der Waals surface area (Å²) in [6.45, 7) is 2.04. The maximum atomic E-state index is 12.4. The maximum Gasteiger partial charge on any atom is 0.268 e. The lowest BCUT2D eigenvalue weighted by Gasteiger charge is -2.06. The Morgan fingerprint density at radius 1 is 1.00 bits per heavy atom. The highest BCUT2D eigenvalue weighted by molar-refractivity contribution is 6.39. The lowest BCUT2D eigenvalue weighted by atomic mass is 10.0. The average molecular weight is 447 g/mol. The molecule has 0 unspecified atom stereocenters. The van der Waals surface area contributed by atoms with Crippen molar-refractivity contribution in [2.45, 2.75) is 6.92 Å². The van der Waals surface area contributed by atoms with Crippen LogP contribution in [0.3, 0.4) is 0 Å². The van der Waals surface area contributed by atoms with Crippen LogP contribution in [0.5, 0.6) is 0 Å². The van der Waals surface area contributed by atoms with Crippen LogP contribution in [-0.4, -0.2) is 20.3 Å². The van der Waals surface area contributed by atoms with Crippen molar-refractivity contribution in [3.8, 4) is 22.4 Å². The number of pyridine rings is 2. The van der Waals surface area contributed by atoms with E-state index in [1.165, 1.54) is 5.56 Å². The Kier molecular flexibility index (Phi) is 4.65. The van der Waals surface area contributed by atoms with Gasteiger partial charge in [0.15, 0.2) is 0 Å². The van der Waals surface area contributed by atoms with Gasteiger partial charge < -0.3 is 5.73 Å². The van der Waals surface area contributed by atoms with E-state index in [0.717, 1.165) is 22.0 Å². The third-order valence-corrected chi connectivity index (χ3v) is 5.90. The highest BCUT2D eigenvalue weighted by Crippen LogP contribution is 2.37. The number of benzene rings is 2. The van der Waals surface area contributed by atoms with Crippen LogP contribution in [0, 0.1) is 6.92 Å². The number of primary amides is 1. The third-order valence-electron chi connectivity index (χ3n) is 5.27. The van der Waals surface area contributed by atoms with Gasteiger partial charge in [0.25, 0.3) is 5.91 Å². The van der Waals surface area contributed by atoms with Gasteiger partial charge in [0.1, 0.15) is 17.0 Å². The summed E-state index contributed by atoms with van der Waals surface area (Å²) in [7, 11) is 0. The zero-order chi connectivity index (χ0) is 21.7. The Morgan fingerprint density at radius 3 is 2.39 bits per heavy atom. The molecule has 7 heteroatoms. The lowest BCUT2D eigenvalue weighted by Crippen LogP contribution is -2.15. The summed E-state index contributed by atoms with van der Waals surface area (Å²) in [5.41, 5.74) is 11.2. The number of carbonyl (C=O) groups excluding carboxylic acids is 1. The van der Waals surface area contributed by atoms with Gasteiger partial charge in [-0.1, -0.05) is 59.1 Å². The van der Waals surface area contributed by atoms with E-state index in [0.29, 0.717) is 26.9 Å². The highest BCUT2D eigenvalue weighted by Gasteiger charge is 2.23. The number of aromatic nitrogens is 3. The van der Waals surface area contributed by atoms with Crippen LogP contribution >= 0.6 is 23.2 Å². The summed E-state index contributed by atoms with van der Waals surface area (Å²) in [4.78, 5) is 21.8. The molecule has 5 aromatic rings. The molecule has 0 saturated heterocycles. The van der Waals surface area contributed by atoms with Gasteiger partial charge >= 0.3 is 0 Å². The van der Waals surface area contributed by atoms with Gasteiger partial charge in [0.2, 0.25) is 0 Å². The molecular formula is C24H16Cl2N4O. The van der Waals surface area contributed by atoms with E-state index in [9.17, 15) is 4.79 Å². The normalized spacial score (nSPS) is 11.3. The molecule has 0 fully saturated rings. The third kappa shape index (κ3) is 3.23. The molecule has 1 amide bonds. The average Bonchev–Trinajstić information content (AvgIpc) is 3.13. The molecule has 0 aliphatic rings. The van der Waals surface area contributed by atoms with Crippen LogP contribution in [0.4, 0.5) is 0 Å². The van der Waals surface area contributed by atoms with E-state index in [4.69, 9.17) is 33.9 Å². The summed E-state index contributed by atoms with van der Waals surface area (Å²) in [5.74, 6) is -0.625. The number of halogens is 2. The molecule has 0 spiro atoms. The Hall–Kier alpha value is -3.41. The SMILES string of the molecule is Cc1ccc(-c2cnc3ccn4c(C(N)=O)c(-c5c(Cl)cccc5Cl)nc4c3c2)cc1. The topological polar surface area (TPSA) is 73.3 Å². The number of aryl methyl sites for hydroxylation is 1. The van der Waals surface area contributed by atoms with Crippen LogP contribution in [0.25, 0.3) is 38.9 Å². The van der Waals surface area contributed by atoms with Crippen molar-refractivity contribution in [2.24, 2.45) is 5.73 Å². The Balaban J connectivity index is 1.83. The molecule has 3 aromatic heterocycles. The van der Waals surface area contributed by atoms with Gasteiger partial charge in [0, 0.05) is 28.9 Å². The van der Waals surface area contributed by atoms with Crippen molar-refractivity contribution in [3.63, 3.8) is 0 Å². The van der Waals surface area contributed by atoms with Gasteiger partial charge in [-0.2, -0.15) is 0 Å². The first-order valence-electron chi connectivity index (χ1n) is 9.56. The fourth-order valence-corrected chi connectivity index (χ4v) is 4.31. The number of hydrogen-bond acceptors (Lipinski definition) is 3. The van der Waals surface area contributed by atoms with Crippen LogP contribution in [-0.2, 0) is 0 Å². The summed E-state index contributed by atoms with van der Waals surface area (Å²) >= 11 is 12.8. The number of hydrogen-bond donors (Lipinski definition) is 1. The molecule has 3 heterocycles. The van der Waals surface area contributed by atoms with Crippen molar-refractivity contribution in [1.29, 1.82) is 0 Å². The van der Waals surface area contributed by atoms with Crippen LogP contribution in [0.2, 0.25) is 10.0 Å². The molecule has 152 valence electrons. The molecular weight excluding hydrogens is 431 g/mol. The van der Waals surface area contributed by atoms with E-state index in [1.54, 1.807) is 28.8 Å². The summed E-state index contributed by atoms with van der Waals surface area (Å²) in [6, 6.07) is 17.2. The number of nitrogens with zero attached hydrogens (tertiary/aromatic N) is 3. The van der Waals surface area contributed by atoms with Crippen molar-refractivity contribution in [1.82, 2.24) is 14.4 Å². The van der Waals surface area contributed by atoms with Crippen molar-refractivity contribution in [3.05, 3.63) is 88.3 Å². The number of fused-ring (bicyclic) bond motifs is 3. The summed E-state index contributed by atoms with van der Waals surface area (Å²) in [6.07, 6.45) is 3.56. The predicted molar refractivity (Wildman–Crippen MR) is 125 cm³/mol. The summed E-state index contributed by atoms with van der Waals surface area (Å²) in [5, 5.41) is 1.57. The second-order valence-electron chi connectivity index (χ2n) is 7.30. The highest BCUT2D eigenvalue weighted by atomic mass is 35.5. The van der Waals surface area contributed by atoms with E-state index in [1.807, 2.05) is 37.4 Å². The van der Waals surface area contributed by atoms with Crippen LogP contribution < -0.4 is 5.73 Å². The molecule has 0 saturated carbocycles. The first-order valence-corrected chi connectivity index (χ1v) is 10.3. The van der Waals surface area contributed by atoms with Gasteiger partial charge in [-0.25, -0.2) is 4.98 Å². The van der Waals surface area contributed by atoms with E-state index in [-0.39, 0.29) is 5.69 Å². The van der Waals surface area contributed by atoms with Crippen molar-refractivity contribution in [2.75, 3.05) is 0 Å². The molecule has 2 N–H and O–H groups in total. The Bertz CT molecular complexity index is 1470. The fraction of sp³-hybridized carbons (Fsp3) is 0.0417. The van der Waals surface area contributed by atoms with Gasteiger partial charge in [-0.15, -0.1) is 0 Å². The first-order chi connectivity index (χ1) is 14.9. The molecule has 0 aliphatic carbocycles. The molecule has 0 bridgehead atoms. The minimum atomic E-state index is -0.625. The number of imidazole rings is 1. The van der Waals surface area contributed by atoms with Crippen LogP contribution in [0.15, 0.2) is 67.0 Å². The quantitative estimate of drug-likeness (QED) is 0.373. The molecule has 2 aromatic carbocycles. The molecule has 5 nitrogen and oxygen atoms in total. The molecule has 31 heavy (non-hydrogen) atoms. The van der Waals surface area contributed by atoms with E-state index >= 15 is 0 Å². The minimum absolute atomic E-state index is 0.215. The maximum absolute atomic E-state index is 12.4. The zero-order valence-corrected chi connectivity index (χ0v) is 17.9. The number of carbonyl (C=O) groups is 1. The van der Waals surface area contributed by atoms with Gasteiger partial charge in [-0.05, 0) is 36.8 Å². The number of amides is 1. The zero-order valence-electron chi connectivity index (χ0n) is 16.4. The fourth-order valence-electron chi connectivity index (χ4n) is 3.74. The summed E-state index contributed by atoms with van der Waals surface area (Å²) < 4.78 is 1.67. The van der Waals surface area contributed by atoms with Crippen LogP contribution in [0.1, 0.15) is 16.1 Å². The Labute approximate surface area is 188 Å². The van der Waals surface area contributed by atoms with Gasteiger partial charge in [-0.3, -0.25) is 14.2 Å². The smallest absolute Gasteiger partial charge is 0.268 e. The van der Waals surface area contributed by atoms with E-state index < -0.39 is 5.91 Å². The first kappa shape index (κ1) is 19.5. The second kappa shape index (κ2) is 7.38. The molecule has 0 aliphatic heterocycles. The largest absolute Gasteiger partial charge is 0.364 e. The van der Waals surface area contributed by atoms with E-state index in [2.05, 4.69) is 17.1 Å². The van der Waals surface area contributed by atoms with Crippen molar-refractivity contribution >= 4 is 45.7 Å². The number of rotatable bonds is 3. The molecule has 5 rings (SSSR count). The standard InChI is InChI=1S/C24H16Cl2N4O/c1-13-5-7-14(8-6-13)15-11-16-19(28-12-15)9-10-30-22(23(27)31)21(29-24(16)30)20-17(25)3-2-4-18(20)26/h2-12H,1H3,(H2,27,31). The van der Waals surface area contributed by atoms with Crippen molar-refractivity contribution < 1.29 is 4.79 Å². The van der Waals surface area contributed by atoms with Gasteiger partial charge in [0.05, 0.1) is 15.6 Å². The molecule has 0 radical (unpaired) electrons. The molecule has 0 atom stereocenters. The Morgan fingerprint density at radius 2 is 1.71 bits per heavy atom.